The number of aryl methyl sites for hydroxylation is 2. The highest BCUT2D eigenvalue weighted by Crippen LogP contribution is 2.46. The molecule has 2 aliphatic rings. The van der Waals surface area contributed by atoms with Crippen LogP contribution in [0, 0.1) is 13.8 Å². The Labute approximate surface area is 152 Å². The van der Waals surface area contributed by atoms with E-state index in [1.54, 1.807) is 0 Å². The van der Waals surface area contributed by atoms with E-state index in [1.165, 1.54) is 11.1 Å². The van der Waals surface area contributed by atoms with Gasteiger partial charge in [0.2, 0.25) is 0 Å². The maximum absolute atomic E-state index is 6.39. The van der Waals surface area contributed by atoms with Crippen LogP contribution in [0.5, 0.6) is 5.75 Å². The van der Waals surface area contributed by atoms with E-state index in [2.05, 4.69) is 49.2 Å². The third-order valence-electron chi connectivity index (χ3n) is 4.98. The average Bonchev–Trinajstić information content (AvgIpc) is 2.51. The zero-order valence-corrected chi connectivity index (χ0v) is 15.5. The van der Waals surface area contributed by atoms with Crippen LogP contribution in [0.4, 0.5) is 5.69 Å². The van der Waals surface area contributed by atoms with Crippen LogP contribution in [0.1, 0.15) is 36.1 Å². The molecule has 2 unspecified atom stereocenters. The van der Waals surface area contributed by atoms with E-state index >= 15 is 0 Å². The number of thiocarbonyl (C=S) groups is 1. The highest BCUT2D eigenvalue weighted by molar-refractivity contribution is 7.80. The van der Waals surface area contributed by atoms with Gasteiger partial charge in [0, 0.05) is 22.7 Å². The van der Waals surface area contributed by atoms with Gasteiger partial charge in [-0.1, -0.05) is 17.7 Å². The maximum atomic E-state index is 6.39. The summed E-state index contributed by atoms with van der Waals surface area (Å²) < 4.78 is 6.39. The lowest BCUT2D eigenvalue weighted by Gasteiger charge is -2.52. The molecule has 2 bridgehead atoms. The molecule has 1 saturated heterocycles. The van der Waals surface area contributed by atoms with Crippen LogP contribution in [0.25, 0.3) is 0 Å². The van der Waals surface area contributed by atoms with Crippen molar-refractivity contribution in [1.29, 1.82) is 0 Å². The van der Waals surface area contributed by atoms with Crippen molar-refractivity contribution in [3.63, 3.8) is 0 Å². The lowest BCUT2D eigenvalue weighted by atomic mass is 9.90. The van der Waals surface area contributed by atoms with Crippen LogP contribution in [-0.2, 0) is 0 Å². The number of benzene rings is 2. The van der Waals surface area contributed by atoms with Crippen molar-refractivity contribution >= 4 is 34.6 Å². The second kappa shape index (κ2) is 5.36. The highest BCUT2D eigenvalue weighted by atomic mass is 35.5. The van der Waals surface area contributed by atoms with E-state index in [1.807, 2.05) is 18.2 Å². The molecule has 5 heteroatoms. The number of ether oxygens (including phenoxy) is 1. The maximum Gasteiger partial charge on any atom is 0.188 e. The molecule has 3 nitrogen and oxygen atoms in total. The molecule has 1 N–H and O–H groups in total. The van der Waals surface area contributed by atoms with Crippen molar-refractivity contribution < 1.29 is 4.74 Å². The van der Waals surface area contributed by atoms with E-state index < -0.39 is 5.72 Å². The van der Waals surface area contributed by atoms with Crippen molar-refractivity contribution in [2.45, 2.75) is 39.0 Å². The average molecular weight is 359 g/mol. The Morgan fingerprint density at radius 1 is 1.21 bits per heavy atom. The van der Waals surface area contributed by atoms with Gasteiger partial charge in [-0.2, -0.15) is 0 Å². The summed E-state index contributed by atoms with van der Waals surface area (Å²) in [6.45, 7) is 6.32. The summed E-state index contributed by atoms with van der Waals surface area (Å²) in [5, 5.41) is 4.85. The Morgan fingerprint density at radius 2 is 2.00 bits per heavy atom. The van der Waals surface area contributed by atoms with Crippen LogP contribution < -0.4 is 15.0 Å². The highest BCUT2D eigenvalue weighted by Gasteiger charge is 2.48. The summed E-state index contributed by atoms with van der Waals surface area (Å²) in [5.74, 6) is 0.863. The third kappa shape index (κ3) is 2.36. The molecule has 0 amide bonds. The number of fused-ring (bicyclic) bond motifs is 4. The van der Waals surface area contributed by atoms with Gasteiger partial charge in [-0.3, -0.25) is 4.90 Å². The van der Waals surface area contributed by atoms with Gasteiger partial charge in [0.15, 0.2) is 10.8 Å². The molecule has 2 aliphatic heterocycles. The quantitative estimate of drug-likeness (QED) is 0.733. The first-order valence-corrected chi connectivity index (χ1v) is 8.82. The lowest BCUT2D eigenvalue weighted by Crippen LogP contribution is -2.65. The zero-order chi connectivity index (χ0) is 17.1. The van der Waals surface area contributed by atoms with E-state index in [4.69, 9.17) is 28.6 Å². The standard InChI is InChI=1S/C19H19ClN2OS/c1-11-4-6-14(8-12(11)2)22-18(24)21-16-10-19(22,3)23-17-7-5-13(20)9-15(16)17/h4-9,16H,10H2,1-3H3,(H,21,24). The fourth-order valence-electron chi connectivity index (χ4n) is 3.60. The monoisotopic (exact) mass is 358 g/mol. The van der Waals surface area contributed by atoms with Crippen LogP contribution in [0.3, 0.4) is 0 Å². The van der Waals surface area contributed by atoms with Gasteiger partial charge >= 0.3 is 0 Å². The van der Waals surface area contributed by atoms with Crippen molar-refractivity contribution in [1.82, 2.24) is 5.32 Å². The molecule has 0 spiro atoms. The van der Waals surface area contributed by atoms with Crippen LogP contribution >= 0.6 is 23.8 Å². The summed E-state index contributed by atoms with van der Waals surface area (Å²) in [4.78, 5) is 2.09. The van der Waals surface area contributed by atoms with Crippen LogP contribution in [0.15, 0.2) is 36.4 Å². The predicted molar refractivity (Wildman–Crippen MR) is 102 cm³/mol. The molecule has 0 aromatic heterocycles. The molecule has 0 radical (unpaired) electrons. The van der Waals surface area contributed by atoms with E-state index in [-0.39, 0.29) is 6.04 Å². The summed E-state index contributed by atoms with van der Waals surface area (Å²) >= 11 is 11.8. The van der Waals surface area contributed by atoms with Gasteiger partial charge in [0.25, 0.3) is 0 Å². The van der Waals surface area contributed by atoms with Gasteiger partial charge in [0.05, 0.1) is 6.04 Å². The molecule has 124 valence electrons. The molecule has 1 fully saturated rings. The number of nitrogens with zero attached hydrogens (tertiary/aromatic N) is 1. The van der Waals surface area contributed by atoms with Crippen molar-refractivity contribution in [2.24, 2.45) is 0 Å². The minimum Gasteiger partial charge on any atom is -0.467 e. The van der Waals surface area contributed by atoms with Crippen molar-refractivity contribution in [3.05, 3.63) is 58.1 Å². The van der Waals surface area contributed by atoms with E-state index in [0.717, 1.165) is 23.4 Å². The first-order chi connectivity index (χ1) is 11.4. The molecule has 2 aromatic carbocycles. The van der Waals surface area contributed by atoms with E-state index in [9.17, 15) is 0 Å². The topological polar surface area (TPSA) is 24.5 Å². The molecule has 2 aromatic rings. The number of anilines is 1. The first kappa shape index (κ1) is 15.7. The summed E-state index contributed by atoms with van der Waals surface area (Å²) in [6, 6.07) is 12.3. The van der Waals surface area contributed by atoms with Crippen molar-refractivity contribution in [2.75, 3.05) is 4.90 Å². The zero-order valence-electron chi connectivity index (χ0n) is 13.9. The van der Waals surface area contributed by atoms with Gasteiger partial charge < -0.3 is 10.1 Å². The van der Waals surface area contributed by atoms with Crippen molar-refractivity contribution in [3.8, 4) is 5.75 Å². The fourth-order valence-corrected chi connectivity index (χ4v) is 4.22. The predicted octanol–water partition coefficient (Wildman–Crippen LogP) is 4.89. The number of hydrogen-bond acceptors (Lipinski definition) is 2. The Kier molecular flexibility index (Phi) is 3.52. The fraction of sp³-hybridized carbons (Fsp3) is 0.316. The number of hydrogen-bond donors (Lipinski definition) is 1. The normalized spacial score (nSPS) is 24.9. The van der Waals surface area contributed by atoms with Gasteiger partial charge in [0.1, 0.15) is 5.75 Å². The Morgan fingerprint density at radius 3 is 2.75 bits per heavy atom. The second-order valence-electron chi connectivity index (χ2n) is 6.77. The molecular formula is C19H19ClN2OS. The number of nitrogens with one attached hydrogen (secondary N) is 1. The van der Waals surface area contributed by atoms with Gasteiger partial charge in [-0.15, -0.1) is 0 Å². The second-order valence-corrected chi connectivity index (χ2v) is 7.59. The lowest BCUT2D eigenvalue weighted by molar-refractivity contribution is 0.0498. The minimum atomic E-state index is -0.518. The Balaban J connectivity index is 1.80. The Bertz CT molecular complexity index is 853. The van der Waals surface area contributed by atoms with Crippen LogP contribution in [0.2, 0.25) is 5.02 Å². The van der Waals surface area contributed by atoms with E-state index in [0.29, 0.717) is 10.1 Å². The molecule has 4 rings (SSSR count). The molecular weight excluding hydrogens is 340 g/mol. The molecule has 2 atom stereocenters. The first-order valence-electron chi connectivity index (χ1n) is 8.04. The smallest absolute Gasteiger partial charge is 0.188 e. The number of halogens is 1. The molecule has 24 heavy (non-hydrogen) atoms. The molecule has 0 saturated carbocycles. The summed E-state index contributed by atoms with van der Waals surface area (Å²) in [7, 11) is 0. The number of rotatable bonds is 1. The third-order valence-corrected chi connectivity index (χ3v) is 5.52. The minimum absolute atomic E-state index is 0.118. The Hall–Kier alpha value is -1.78. The summed E-state index contributed by atoms with van der Waals surface area (Å²) in [5.41, 5.74) is 4.11. The molecule has 2 heterocycles. The molecule has 0 aliphatic carbocycles. The summed E-state index contributed by atoms with van der Waals surface area (Å²) in [6.07, 6.45) is 0.799. The SMILES string of the molecule is Cc1ccc(N2C(=S)NC3CC2(C)Oc2ccc(Cl)cc23)cc1C. The van der Waals surface area contributed by atoms with Gasteiger partial charge in [-0.25, -0.2) is 0 Å². The largest absolute Gasteiger partial charge is 0.467 e. The van der Waals surface area contributed by atoms with Gasteiger partial charge in [-0.05, 0) is 74.4 Å². The van der Waals surface area contributed by atoms with Crippen LogP contribution in [-0.4, -0.2) is 10.8 Å².